The van der Waals surface area contributed by atoms with Crippen LogP contribution >= 0.6 is 0 Å². The smallest absolute Gasteiger partial charge is 0.160 e. The molecule has 8 aromatic carbocycles. The summed E-state index contributed by atoms with van der Waals surface area (Å²) in [5, 5.41) is 3.92. The number of rotatable bonds is 4. The van der Waals surface area contributed by atoms with Gasteiger partial charge in [0.1, 0.15) is 11.5 Å². The van der Waals surface area contributed by atoms with E-state index in [-0.39, 0.29) is 0 Å². The van der Waals surface area contributed by atoms with Crippen LogP contribution in [0.15, 0.2) is 194 Å². The molecule has 4 heteroatoms. The lowest BCUT2D eigenvalue weighted by Crippen LogP contribution is -2.32. The number of hydrogen-bond acceptors (Lipinski definition) is 3. The molecule has 0 fully saturated rings. The van der Waals surface area contributed by atoms with Crippen molar-refractivity contribution in [3.8, 4) is 62.2 Å². The molecular formula is C57H37N3O. The maximum absolute atomic E-state index is 6.77. The summed E-state index contributed by atoms with van der Waals surface area (Å²) in [6, 6.07) is 67.5. The van der Waals surface area contributed by atoms with E-state index >= 15 is 0 Å². The molecule has 3 aliphatic rings. The summed E-state index contributed by atoms with van der Waals surface area (Å²) >= 11 is 0. The van der Waals surface area contributed by atoms with Crippen molar-refractivity contribution in [1.29, 1.82) is 0 Å². The van der Waals surface area contributed by atoms with Gasteiger partial charge in [-0.1, -0.05) is 146 Å². The second-order valence-electron chi connectivity index (χ2n) is 16.3. The molecule has 1 spiro atoms. The largest absolute Gasteiger partial charge is 0.457 e. The van der Waals surface area contributed by atoms with Crippen molar-refractivity contribution in [3.05, 3.63) is 228 Å². The van der Waals surface area contributed by atoms with Crippen LogP contribution in [0.4, 0.5) is 0 Å². The Kier molecular flexibility index (Phi) is 7.31. The molecule has 2 aromatic heterocycles. The second-order valence-corrected chi connectivity index (χ2v) is 16.3. The van der Waals surface area contributed by atoms with Gasteiger partial charge in [0.15, 0.2) is 5.82 Å². The Morgan fingerprint density at radius 3 is 2.00 bits per heavy atom. The van der Waals surface area contributed by atoms with Crippen LogP contribution in [0.5, 0.6) is 11.5 Å². The zero-order valence-corrected chi connectivity index (χ0v) is 33.2. The normalized spacial score (nSPS) is 14.0. The maximum atomic E-state index is 6.77. The van der Waals surface area contributed by atoms with E-state index in [0.29, 0.717) is 5.82 Å². The fraction of sp³-hybridized carbons (Fsp3) is 0.0526. The van der Waals surface area contributed by atoms with Crippen LogP contribution < -0.4 is 4.74 Å². The Hall–Kier alpha value is -7.82. The van der Waals surface area contributed by atoms with Crippen molar-refractivity contribution in [2.45, 2.75) is 18.3 Å². The number of benzene rings is 8. The van der Waals surface area contributed by atoms with Crippen LogP contribution in [0.3, 0.4) is 0 Å². The SMILES string of the molecule is C1=Cc2c(c3c4ccccc4ccc3n2-c2cccc(-c3cc(-c4ccc5c(c4)C4(c6ccccc6O5)c5ccccc5-c5ccccc54)nc(-c4ccccc4)n3)c2)CC1. The molecule has 0 saturated carbocycles. The fourth-order valence-electron chi connectivity index (χ4n) is 10.6. The number of allylic oxidation sites excluding steroid dienone is 1. The number of hydrogen-bond donors (Lipinski definition) is 0. The van der Waals surface area contributed by atoms with Gasteiger partial charge in [-0.25, -0.2) is 9.97 Å². The molecule has 4 nitrogen and oxygen atoms in total. The Morgan fingerprint density at radius 2 is 1.18 bits per heavy atom. The van der Waals surface area contributed by atoms with Gasteiger partial charge in [0.25, 0.3) is 0 Å². The van der Waals surface area contributed by atoms with E-state index in [1.807, 2.05) is 6.07 Å². The van der Waals surface area contributed by atoms with E-state index < -0.39 is 5.41 Å². The minimum atomic E-state index is -0.571. The Labute approximate surface area is 353 Å². The first-order chi connectivity index (χ1) is 30.2. The molecule has 286 valence electrons. The molecular weight excluding hydrogens is 743 g/mol. The number of para-hydroxylation sites is 1. The van der Waals surface area contributed by atoms with Crippen molar-refractivity contribution in [1.82, 2.24) is 14.5 Å². The van der Waals surface area contributed by atoms with Crippen LogP contribution in [0.25, 0.3) is 78.5 Å². The van der Waals surface area contributed by atoms with E-state index in [0.717, 1.165) is 69.2 Å². The first-order valence-electron chi connectivity index (χ1n) is 21.1. The standard InChI is InChI=1S/C57H37N3O/c1-2-16-37(17-3-1)56-58-49(38-18-14-19-40(33-38)60-51-27-12-8-23-44(51)55-41-20-5-4-15-36(41)29-31-52(55)60)35-50(59-56)39-30-32-54-48(34-39)57(47-26-11-13-28-53(47)61-54)45-24-9-6-21-42(45)43-22-7-10-25-46(43)57/h1-7,9-22,24-35H,8,23H2. The monoisotopic (exact) mass is 779 g/mol. The maximum Gasteiger partial charge on any atom is 0.160 e. The van der Waals surface area contributed by atoms with Gasteiger partial charge in [0.2, 0.25) is 0 Å². The second kappa shape index (κ2) is 13.1. The molecule has 0 unspecified atom stereocenters. The minimum absolute atomic E-state index is 0.571. The van der Waals surface area contributed by atoms with Crippen LogP contribution in [0.2, 0.25) is 0 Å². The molecule has 1 aliphatic heterocycles. The molecule has 2 aliphatic carbocycles. The van der Waals surface area contributed by atoms with Crippen LogP contribution in [0, 0.1) is 0 Å². The van der Waals surface area contributed by atoms with Gasteiger partial charge in [0.05, 0.1) is 22.3 Å². The summed E-state index contributed by atoms with van der Waals surface area (Å²) in [6.45, 7) is 0. The first kappa shape index (κ1) is 34.1. The quantitative estimate of drug-likeness (QED) is 0.179. The lowest BCUT2D eigenvalue weighted by atomic mass is 9.66. The van der Waals surface area contributed by atoms with E-state index in [2.05, 4.69) is 199 Å². The van der Waals surface area contributed by atoms with E-state index in [1.54, 1.807) is 0 Å². The summed E-state index contributed by atoms with van der Waals surface area (Å²) in [7, 11) is 0. The average Bonchev–Trinajstić information content (AvgIpc) is 3.83. The average molecular weight is 780 g/mol. The zero-order valence-electron chi connectivity index (χ0n) is 33.2. The summed E-state index contributed by atoms with van der Waals surface area (Å²) in [5.74, 6) is 2.41. The molecule has 0 amide bonds. The molecule has 10 aromatic rings. The molecule has 0 N–H and O–H groups in total. The molecule has 0 atom stereocenters. The van der Waals surface area contributed by atoms with Crippen molar-refractivity contribution in [2.24, 2.45) is 0 Å². The Balaban J connectivity index is 1.02. The number of aromatic nitrogens is 3. The highest BCUT2D eigenvalue weighted by molar-refractivity contribution is 6.10. The van der Waals surface area contributed by atoms with Gasteiger partial charge in [0, 0.05) is 44.6 Å². The number of nitrogens with zero attached hydrogens (tertiary/aromatic N) is 3. The summed E-state index contributed by atoms with van der Waals surface area (Å²) in [5.41, 5.74) is 16.4. The van der Waals surface area contributed by atoms with E-state index in [9.17, 15) is 0 Å². The number of fused-ring (bicyclic) bond motifs is 14. The molecule has 0 radical (unpaired) electrons. The molecule has 13 rings (SSSR count). The van der Waals surface area contributed by atoms with Crippen molar-refractivity contribution in [2.75, 3.05) is 0 Å². The van der Waals surface area contributed by atoms with Gasteiger partial charge < -0.3 is 9.30 Å². The minimum Gasteiger partial charge on any atom is -0.457 e. The van der Waals surface area contributed by atoms with Gasteiger partial charge in [-0.05, 0) is 106 Å². The van der Waals surface area contributed by atoms with Gasteiger partial charge >= 0.3 is 0 Å². The molecule has 3 heterocycles. The number of aryl methyl sites for hydroxylation is 1. The summed E-state index contributed by atoms with van der Waals surface area (Å²) < 4.78 is 9.21. The molecule has 61 heavy (non-hydrogen) atoms. The summed E-state index contributed by atoms with van der Waals surface area (Å²) in [6.07, 6.45) is 6.68. The summed E-state index contributed by atoms with van der Waals surface area (Å²) in [4.78, 5) is 10.6. The van der Waals surface area contributed by atoms with Crippen molar-refractivity contribution < 1.29 is 4.74 Å². The predicted molar refractivity (Wildman–Crippen MR) is 247 cm³/mol. The van der Waals surface area contributed by atoms with E-state index in [4.69, 9.17) is 14.7 Å². The lowest BCUT2D eigenvalue weighted by Gasteiger charge is -2.39. The first-order valence-corrected chi connectivity index (χ1v) is 21.1. The highest BCUT2D eigenvalue weighted by atomic mass is 16.5. The third kappa shape index (κ3) is 4.93. The van der Waals surface area contributed by atoms with Crippen molar-refractivity contribution >= 4 is 27.8 Å². The fourth-order valence-corrected chi connectivity index (χ4v) is 10.6. The third-order valence-corrected chi connectivity index (χ3v) is 13.1. The Bertz CT molecular complexity index is 3420. The zero-order chi connectivity index (χ0) is 40.1. The van der Waals surface area contributed by atoms with Gasteiger partial charge in [-0.15, -0.1) is 0 Å². The topological polar surface area (TPSA) is 39.9 Å². The van der Waals surface area contributed by atoms with Gasteiger partial charge in [-0.2, -0.15) is 0 Å². The van der Waals surface area contributed by atoms with E-state index in [1.165, 1.54) is 55.2 Å². The molecule has 0 saturated heterocycles. The van der Waals surface area contributed by atoms with Crippen LogP contribution in [-0.4, -0.2) is 14.5 Å². The van der Waals surface area contributed by atoms with Crippen LogP contribution in [0.1, 0.15) is 39.9 Å². The van der Waals surface area contributed by atoms with Crippen LogP contribution in [-0.2, 0) is 11.8 Å². The predicted octanol–water partition coefficient (Wildman–Crippen LogP) is 14.0. The highest BCUT2D eigenvalue weighted by Crippen LogP contribution is 2.62. The lowest BCUT2D eigenvalue weighted by molar-refractivity contribution is 0.436. The van der Waals surface area contributed by atoms with Gasteiger partial charge in [-0.3, -0.25) is 0 Å². The highest BCUT2D eigenvalue weighted by Gasteiger charge is 2.51. The third-order valence-electron chi connectivity index (χ3n) is 13.1. The Morgan fingerprint density at radius 1 is 0.508 bits per heavy atom. The molecule has 0 bridgehead atoms. The number of ether oxygens (including phenoxy) is 1. The van der Waals surface area contributed by atoms with Crippen molar-refractivity contribution in [3.63, 3.8) is 0 Å².